The maximum Gasteiger partial charge on any atom is 0.240 e. The number of thioether (sulfide) groups is 1. The minimum absolute atomic E-state index is 0.132. The smallest absolute Gasteiger partial charge is 0.240 e. The molecule has 3 rings (SSSR count). The van der Waals surface area contributed by atoms with E-state index in [1.807, 2.05) is 11.8 Å². The fourth-order valence-corrected chi connectivity index (χ4v) is 4.19. The molecule has 0 bridgehead atoms. The fraction of sp³-hybridized carbons (Fsp3) is 0.929. The molecule has 3 unspecified atom stereocenters. The number of nitrogens with one attached hydrogen (secondary N) is 1. The van der Waals surface area contributed by atoms with Crippen molar-refractivity contribution >= 4 is 17.7 Å². The topological polar surface area (TPSA) is 32.3 Å². The van der Waals surface area contributed by atoms with Crippen LogP contribution in [0.3, 0.4) is 0 Å². The Morgan fingerprint density at radius 1 is 1.22 bits per heavy atom. The van der Waals surface area contributed by atoms with Gasteiger partial charge in [0.1, 0.15) is 0 Å². The largest absolute Gasteiger partial charge is 0.338 e. The number of hydrogen-bond donors (Lipinski definition) is 1. The number of hydrogen-bond acceptors (Lipinski definition) is 3. The van der Waals surface area contributed by atoms with Gasteiger partial charge in [-0.1, -0.05) is 6.42 Å². The van der Waals surface area contributed by atoms with Gasteiger partial charge in [-0.3, -0.25) is 4.79 Å². The summed E-state index contributed by atoms with van der Waals surface area (Å²) >= 11 is 1.98. The molecule has 1 N–H and O–H groups in total. The molecule has 0 aromatic heterocycles. The summed E-state index contributed by atoms with van der Waals surface area (Å²) in [4.78, 5) is 14.6. The first-order chi connectivity index (χ1) is 8.78. The minimum Gasteiger partial charge on any atom is -0.338 e. The van der Waals surface area contributed by atoms with E-state index < -0.39 is 0 Å². The summed E-state index contributed by atoms with van der Waals surface area (Å²) in [5.41, 5.74) is 0. The van der Waals surface area contributed by atoms with Crippen molar-refractivity contribution in [2.24, 2.45) is 0 Å². The quantitative estimate of drug-likeness (QED) is 0.846. The Bertz CT molecular complexity index is 319. The molecule has 3 aliphatic rings. The normalized spacial score (nSPS) is 37.3. The second kappa shape index (κ2) is 5.41. The molecule has 1 amide bonds. The van der Waals surface area contributed by atoms with E-state index in [0.29, 0.717) is 18.0 Å². The van der Waals surface area contributed by atoms with Crippen molar-refractivity contribution < 1.29 is 4.79 Å². The van der Waals surface area contributed by atoms with Crippen LogP contribution in [0.2, 0.25) is 0 Å². The maximum absolute atomic E-state index is 12.4. The van der Waals surface area contributed by atoms with Gasteiger partial charge in [0.05, 0.1) is 6.04 Å². The first-order valence-corrected chi connectivity index (χ1v) is 8.66. The van der Waals surface area contributed by atoms with Crippen molar-refractivity contribution in [3.8, 4) is 0 Å². The zero-order chi connectivity index (χ0) is 12.5. The zero-order valence-electron chi connectivity index (χ0n) is 11.2. The van der Waals surface area contributed by atoms with Crippen LogP contribution < -0.4 is 5.32 Å². The molecule has 0 aromatic rings. The van der Waals surface area contributed by atoms with Crippen molar-refractivity contribution in [3.63, 3.8) is 0 Å². The van der Waals surface area contributed by atoms with Crippen LogP contribution in [0.15, 0.2) is 0 Å². The number of rotatable bonds is 4. The van der Waals surface area contributed by atoms with Crippen molar-refractivity contribution in [3.05, 3.63) is 0 Å². The van der Waals surface area contributed by atoms with Gasteiger partial charge >= 0.3 is 0 Å². The van der Waals surface area contributed by atoms with Gasteiger partial charge in [-0.25, -0.2) is 0 Å². The lowest BCUT2D eigenvalue weighted by molar-refractivity contribution is -0.131. The third kappa shape index (κ3) is 2.69. The predicted octanol–water partition coefficient (Wildman–Crippen LogP) is 2.01. The molecule has 1 heterocycles. The summed E-state index contributed by atoms with van der Waals surface area (Å²) < 4.78 is 0. The molecule has 102 valence electrons. The Hall–Kier alpha value is -0.220. The SMILES string of the molecule is CSC1CCCC(N2CCC(NC3CC3)C2=O)C1. The van der Waals surface area contributed by atoms with Crippen LogP contribution in [0.5, 0.6) is 0 Å². The zero-order valence-corrected chi connectivity index (χ0v) is 12.0. The van der Waals surface area contributed by atoms with Crippen LogP contribution in [0.1, 0.15) is 44.9 Å². The lowest BCUT2D eigenvalue weighted by Gasteiger charge is -2.34. The molecule has 0 spiro atoms. The maximum atomic E-state index is 12.4. The standard InChI is InChI=1S/C14H24N2OS/c1-18-12-4-2-3-11(9-12)16-8-7-13(14(16)17)15-10-5-6-10/h10-13,15H,2-9H2,1H3. The first kappa shape index (κ1) is 12.8. The summed E-state index contributed by atoms with van der Waals surface area (Å²) in [7, 11) is 0. The van der Waals surface area contributed by atoms with Crippen molar-refractivity contribution in [1.29, 1.82) is 0 Å². The molecule has 0 aromatic carbocycles. The molecule has 0 radical (unpaired) electrons. The molecule has 1 aliphatic heterocycles. The van der Waals surface area contributed by atoms with E-state index in [1.54, 1.807) is 0 Å². The lowest BCUT2D eigenvalue weighted by Crippen LogP contribution is -2.45. The average molecular weight is 268 g/mol. The molecule has 18 heavy (non-hydrogen) atoms. The highest BCUT2D eigenvalue weighted by atomic mass is 32.2. The Morgan fingerprint density at radius 2 is 2.06 bits per heavy atom. The molecule has 4 heteroatoms. The van der Waals surface area contributed by atoms with Crippen LogP contribution in [0.4, 0.5) is 0 Å². The van der Waals surface area contributed by atoms with Gasteiger partial charge in [-0.05, 0) is 44.8 Å². The highest BCUT2D eigenvalue weighted by Gasteiger charge is 2.39. The molecule has 3 nitrogen and oxygen atoms in total. The monoisotopic (exact) mass is 268 g/mol. The van der Waals surface area contributed by atoms with Gasteiger partial charge in [0, 0.05) is 23.9 Å². The second-order valence-electron chi connectivity index (χ2n) is 5.99. The molecular formula is C14H24N2OS. The predicted molar refractivity (Wildman–Crippen MR) is 75.8 cm³/mol. The van der Waals surface area contributed by atoms with E-state index in [4.69, 9.17) is 0 Å². The molecule has 1 saturated heterocycles. The summed E-state index contributed by atoms with van der Waals surface area (Å²) in [6.45, 7) is 0.981. The highest BCUT2D eigenvalue weighted by Crippen LogP contribution is 2.32. The van der Waals surface area contributed by atoms with Gasteiger partial charge in [-0.15, -0.1) is 0 Å². The van der Waals surface area contributed by atoms with E-state index in [0.717, 1.165) is 18.2 Å². The van der Waals surface area contributed by atoms with Gasteiger partial charge in [0.15, 0.2) is 0 Å². The van der Waals surface area contributed by atoms with Crippen molar-refractivity contribution in [1.82, 2.24) is 10.2 Å². The van der Waals surface area contributed by atoms with Gasteiger partial charge < -0.3 is 10.2 Å². The molecule has 3 atom stereocenters. The summed E-state index contributed by atoms with van der Waals surface area (Å²) in [5, 5.41) is 4.27. The van der Waals surface area contributed by atoms with Crippen LogP contribution in [-0.4, -0.2) is 47.0 Å². The van der Waals surface area contributed by atoms with Crippen molar-refractivity contribution in [2.45, 2.75) is 68.3 Å². The van der Waals surface area contributed by atoms with Crippen LogP contribution in [0, 0.1) is 0 Å². The first-order valence-electron chi connectivity index (χ1n) is 7.37. The Kier molecular flexibility index (Phi) is 3.85. The van der Waals surface area contributed by atoms with Crippen molar-refractivity contribution in [2.75, 3.05) is 12.8 Å². The minimum atomic E-state index is 0.132. The third-order valence-corrected chi connectivity index (χ3v) is 5.72. The van der Waals surface area contributed by atoms with E-state index >= 15 is 0 Å². The van der Waals surface area contributed by atoms with Gasteiger partial charge in [-0.2, -0.15) is 11.8 Å². The summed E-state index contributed by atoms with van der Waals surface area (Å²) in [6, 6.07) is 1.30. The van der Waals surface area contributed by atoms with Crippen LogP contribution >= 0.6 is 11.8 Å². The molecular weight excluding hydrogens is 244 g/mol. The third-order valence-electron chi connectivity index (χ3n) is 4.63. The molecule has 3 fully saturated rings. The Labute approximate surface area is 114 Å². The number of likely N-dealkylation sites (tertiary alicyclic amines) is 1. The molecule has 2 saturated carbocycles. The summed E-state index contributed by atoms with van der Waals surface area (Å²) in [5.74, 6) is 0.383. The van der Waals surface area contributed by atoms with E-state index in [2.05, 4.69) is 16.5 Å². The lowest BCUT2D eigenvalue weighted by atomic mass is 9.94. The van der Waals surface area contributed by atoms with E-state index in [1.165, 1.54) is 38.5 Å². The number of carbonyl (C=O) groups is 1. The number of carbonyl (C=O) groups excluding carboxylic acids is 1. The van der Waals surface area contributed by atoms with Gasteiger partial charge in [0.2, 0.25) is 5.91 Å². The summed E-state index contributed by atoms with van der Waals surface area (Å²) in [6.07, 6.45) is 10.8. The number of amides is 1. The number of nitrogens with zero attached hydrogens (tertiary/aromatic N) is 1. The second-order valence-corrected chi connectivity index (χ2v) is 7.13. The van der Waals surface area contributed by atoms with E-state index in [-0.39, 0.29) is 6.04 Å². The van der Waals surface area contributed by atoms with Crippen LogP contribution in [0.25, 0.3) is 0 Å². The Morgan fingerprint density at radius 3 is 2.78 bits per heavy atom. The van der Waals surface area contributed by atoms with Crippen LogP contribution in [-0.2, 0) is 4.79 Å². The Balaban J connectivity index is 1.57. The molecule has 2 aliphatic carbocycles. The van der Waals surface area contributed by atoms with E-state index in [9.17, 15) is 4.79 Å². The fourth-order valence-electron chi connectivity index (χ4n) is 3.37. The van der Waals surface area contributed by atoms with Gasteiger partial charge in [0.25, 0.3) is 0 Å². The average Bonchev–Trinajstić information content (AvgIpc) is 3.14. The highest BCUT2D eigenvalue weighted by molar-refractivity contribution is 7.99.